The van der Waals surface area contributed by atoms with Crippen molar-refractivity contribution in [1.82, 2.24) is 5.32 Å². The van der Waals surface area contributed by atoms with Crippen molar-refractivity contribution in [3.8, 4) is 0 Å². The van der Waals surface area contributed by atoms with Gasteiger partial charge in [0, 0.05) is 11.1 Å². The first-order chi connectivity index (χ1) is 10.5. The quantitative estimate of drug-likeness (QED) is 0.826. The molecule has 0 bridgehead atoms. The SMILES string of the molecule is CCC(NC(=O)Nc1ccc(F)cc1F)c1ccc(Cl)cc1. The fraction of sp³-hybridized carbons (Fsp3) is 0.188. The zero-order valence-corrected chi connectivity index (χ0v) is 12.6. The largest absolute Gasteiger partial charge is 0.331 e. The molecule has 0 radical (unpaired) electrons. The highest BCUT2D eigenvalue weighted by Gasteiger charge is 2.14. The molecule has 0 aliphatic heterocycles. The summed E-state index contributed by atoms with van der Waals surface area (Å²) in [4.78, 5) is 12.0. The summed E-state index contributed by atoms with van der Waals surface area (Å²) in [7, 11) is 0. The molecule has 0 saturated heterocycles. The Morgan fingerprint density at radius 2 is 1.86 bits per heavy atom. The Morgan fingerprint density at radius 3 is 2.45 bits per heavy atom. The van der Waals surface area contributed by atoms with Gasteiger partial charge in [0.2, 0.25) is 0 Å². The smallest absolute Gasteiger partial charge is 0.319 e. The van der Waals surface area contributed by atoms with Gasteiger partial charge in [-0.25, -0.2) is 13.6 Å². The van der Waals surface area contributed by atoms with Crippen molar-refractivity contribution in [3.05, 3.63) is 64.7 Å². The molecule has 2 aromatic carbocycles. The predicted octanol–water partition coefficient (Wildman–Crippen LogP) is 4.89. The lowest BCUT2D eigenvalue weighted by Gasteiger charge is -2.18. The van der Waals surface area contributed by atoms with Crippen LogP contribution < -0.4 is 10.6 Å². The zero-order chi connectivity index (χ0) is 16.1. The van der Waals surface area contributed by atoms with Crippen LogP contribution in [0.4, 0.5) is 19.3 Å². The Bertz CT molecular complexity index is 662. The lowest BCUT2D eigenvalue weighted by Crippen LogP contribution is -2.32. The molecule has 2 amide bonds. The molecule has 0 spiro atoms. The van der Waals surface area contributed by atoms with Gasteiger partial charge in [-0.2, -0.15) is 0 Å². The van der Waals surface area contributed by atoms with Crippen LogP contribution in [-0.2, 0) is 0 Å². The van der Waals surface area contributed by atoms with E-state index < -0.39 is 17.7 Å². The Labute approximate surface area is 132 Å². The molecule has 2 rings (SSSR count). The van der Waals surface area contributed by atoms with Crippen molar-refractivity contribution in [3.63, 3.8) is 0 Å². The maximum Gasteiger partial charge on any atom is 0.319 e. The van der Waals surface area contributed by atoms with Crippen LogP contribution in [0.25, 0.3) is 0 Å². The number of hydrogen-bond acceptors (Lipinski definition) is 1. The van der Waals surface area contributed by atoms with E-state index in [0.29, 0.717) is 17.5 Å². The Balaban J connectivity index is 2.04. The van der Waals surface area contributed by atoms with E-state index in [0.717, 1.165) is 11.6 Å². The summed E-state index contributed by atoms with van der Waals surface area (Å²) in [5.74, 6) is -1.52. The van der Waals surface area contributed by atoms with Crippen LogP contribution in [0.2, 0.25) is 5.02 Å². The Morgan fingerprint density at radius 1 is 1.18 bits per heavy atom. The van der Waals surface area contributed by atoms with E-state index >= 15 is 0 Å². The summed E-state index contributed by atoms with van der Waals surface area (Å²) in [5, 5.41) is 5.71. The minimum Gasteiger partial charge on any atom is -0.331 e. The monoisotopic (exact) mass is 324 g/mol. The van der Waals surface area contributed by atoms with Crippen molar-refractivity contribution in [2.24, 2.45) is 0 Å². The second-order valence-electron chi connectivity index (χ2n) is 4.74. The van der Waals surface area contributed by atoms with Crippen LogP contribution in [0, 0.1) is 11.6 Å². The second kappa shape index (κ2) is 7.22. The third-order valence-corrected chi connectivity index (χ3v) is 3.42. The topological polar surface area (TPSA) is 41.1 Å². The van der Waals surface area contributed by atoms with Gasteiger partial charge in [0.05, 0.1) is 11.7 Å². The highest BCUT2D eigenvalue weighted by Crippen LogP contribution is 2.20. The van der Waals surface area contributed by atoms with Crippen molar-refractivity contribution in [2.45, 2.75) is 19.4 Å². The molecule has 0 aliphatic carbocycles. The van der Waals surface area contributed by atoms with E-state index in [9.17, 15) is 13.6 Å². The molecular formula is C16H15ClF2N2O. The minimum atomic E-state index is -0.824. The third-order valence-electron chi connectivity index (χ3n) is 3.17. The first-order valence-electron chi connectivity index (χ1n) is 6.77. The molecule has 22 heavy (non-hydrogen) atoms. The predicted molar refractivity (Wildman–Crippen MR) is 83.0 cm³/mol. The maximum atomic E-state index is 13.5. The van der Waals surface area contributed by atoms with Crippen LogP contribution in [0.3, 0.4) is 0 Å². The first-order valence-corrected chi connectivity index (χ1v) is 7.15. The molecule has 6 heteroatoms. The summed E-state index contributed by atoms with van der Waals surface area (Å²) in [6.07, 6.45) is 0.654. The zero-order valence-electron chi connectivity index (χ0n) is 11.9. The highest BCUT2D eigenvalue weighted by atomic mass is 35.5. The standard InChI is InChI=1S/C16H15ClF2N2O/c1-2-14(10-3-5-11(17)6-4-10)20-16(22)21-15-8-7-12(18)9-13(15)19/h3-9,14H,2H2,1H3,(H2,20,21,22). The van der Waals surface area contributed by atoms with Crippen molar-refractivity contribution >= 4 is 23.3 Å². The molecule has 0 saturated carbocycles. The summed E-state index contributed by atoms with van der Waals surface area (Å²) >= 11 is 5.83. The number of amides is 2. The molecule has 2 N–H and O–H groups in total. The number of halogens is 3. The van der Waals surface area contributed by atoms with Gasteiger partial charge in [-0.1, -0.05) is 30.7 Å². The van der Waals surface area contributed by atoms with E-state index in [4.69, 9.17) is 11.6 Å². The lowest BCUT2D eigenvalue weighted by molar-refractivity contribution is 0.248. The molecule has 2 aromatic rings. The minimum absolute atomic E-state index is 0.0788. The number of hydrogen-bond donors (Lipinski definition) is 2. The molecular weight excluding hydrogens is 310 g/mol. The normalized spacial score (nSPS) is 11.8. The van der Waals surface area contributed by atoms with Crippen LogP contribution in [0.1, 0.15) is 24.9 Å². The van der Waals surface area contributed by atoms with E-state index in [1.807, 2.05) is 19.1 Å². The number of anilines is 1. The molecule has 1 unspecified atom stereocenters. The first kappa shape index (κ1) is 16.2. The highest BCUT2D eigenvalue weighted by molar-refractivity contribution is 6.30. The van der Waals surface area contributed by atoms with Gasteiger partial charge in [0.1, 0.15) is 11.6 Å². The molecule has 1 atom stereocenters. The number of carbonyl (C=O) groups excluding carboxylic acids is 1. The van der Waals surface area contributed by atoms with Crippen molar-refractivity contribution in [2.75, 3.05) is 5.32 Å². The number of urea groups is 1. The van der Waals surface area contributed by atoms with E-state index in [1.165, 1.54) is 6.07 Å². The van der Waals surface area contributed by atoms with Gasteiger partial charge in [0.15, 0.2) is 0 Å². The van der Waals surface area contributed by atoms with Crippen molar-refractivity contribution < 1.29 is 13.6 Å². The average molecular weight is 325 g/mol. The Hall–Kier alpha value is -2.14. The number of rotatable bonds is 4. The summed E-state index contributed by atoms with van der Waals surface area (Å²) in [5.41, 5.74) is 0.812. The van der Waals surface area contributed by atoms with Gasteiger partial charge < -0.3 is 10.6 Å². The summed E-state index contributed by atoms with van der Waals surface area (Å²) < 4.78 is 26.3. The van der Waals surface area contributed by atoms with Crippen LogP contribution in [0.15, 0.2) is 42.5 Å². The van der Waals surface area contributed by atoms with E-state index in [2.05, 4.69) is 10.6 Å². The fourth-order valence-corrected chi connectivity index (χ4v) is 2.15. The number of benzene rings is 2. The molecule has 0 aromatic heterocycles. The van der Waals surface area contributed by atoms with E-state index in [-0.39, 0.29) is 11.7 Å². The third kappa shape index (κ3) is 4.18. The Kier molecular flexibility index (Phi) is 5.33. The van der Waals surface area contributed by atoms with Crippen molar-refractivity contribution in [1.29, 1.82) is 0 Å². The molecule has 3 nitrogen and oxygen atoms in total. The van der Waals surface area contributed by atoms with Gasteiger partial charge in [-0.3, -0.25) is 0 Å². The fourth-order valence-electron chi connectivity index (χ4n) is 2.02. The van der Waals surface area contributed by atoms with Gasteiger partial charge >= 0.3 is 6.03 Å². The molecule has 0 aliphatic rings. The molecule has 0 heterocycles. The lowest BCUT2D eigenvalue weighted by atomic mass is 10.1. The number of carbonyl (C=O) groups is 1. The van der Waals surface area contributed by atoms with E-state index in [1.54, 1.807) is 12.1 Å². The second-order valence-corrected chi connectivity index (χ2v) is 5.17. The van der Waals surface area contributed by atoms with Crippen LogP contribution in [0.5, 0.6) is 0 Å². The van der Waals surface area contributed by atoms with Gasteiger partial charge in [-0.05, 0) is 36.2 Å². The van der Waals surface area contributed by atoms with Gasteiger partial charge in [0.25, 0.3) is 0 Å². The van der Waals surface area contributed by atoms with Crippen LogP contribution in [-0.4, -0.2) is 6.03 Å². The molecule has 0 fully saturated rings. The number of nitrogens with one attached hydrogen (secondary N) is 2. The molecule has 116 valence electrons. The van der Waals surface area contributed by atoms with Crippen LogP contribution >= 0.6 is 11.6 Å². The van der Waals surface area contributed by atoms with Gasteiger partial charge in [-0.15, -0.1) is 0 Å². The average Bonchev–Trinajstić information content (AvgIpc) is 2.49. The maximum absolute atomic E-state index is 13.5. The summed E-state index contributed by atoms with van der Waals surface area (Å²) in [6, 6.07) is 9.27. The summed E-state index contributed by atoms with van der Waals surface area (Å²) in [6.45, 7) is 1.91.